The lowest BCUT2D eigenvalue weighted by atomic mass is 10.0. The Balaban J connectivity index is 2.17. The fraction of sp³-hybridized carbons (Fsp3) is 0.440. The normalized spacial score (nSPS) is 11.9. The SMILES string of the molecule is CC[C@H](C(=O)NCC(C)C)N(CCc1ccccc1)C(=O)Cc1cccc(C)c1. The van der Waals surface area contributed by atoms with Crippen LogP contribution in [0.5, 0.6) is 0 Å². The number of hydrogen-bond donors (Lipinski definition) is 1. The minimum absolute atomic E-state index is 0.00178. The highest BCUT2D eigenvalue weighted by Crippen LogP contribution is 2.13. The molecule has 0 heterocycles. The van der Waals surface area contributed by atoms with Gasteiger partial charge in [0, 0.05) is 13.1 Å². The van der Waals surface area contributed by atoms with E-state index in [0.717, 1.165) is 17.5 Å². The summed E-state index contributed by atoms with van der Waals surface area (Å²) >= 11 is 0. The molecule has 0 aliphatic heterocycles. The van der Waals surface area contributed by atoms with Crippen LogP contribution in [0.25, 0.3) is 0 Å². The molecule has 2 aromatic rings. The monoisotopic (exact) mass is 394 g/mol. The first kappa shape index (κ1) is 22.7. The molecular formula is C25H34N2O2. The van der Waals surface area contributed by atoms with Crippen molar-refractivity contribution in [2.45, 2.75) is 53.0 Å². The van der Waals surface area contributed by atoms with Crippen molar-refractivity contribution in [1.82, 2.24) is 10.2 Å². The Morgan fingerprint density at radius 3 is 2.31 bits per heavy atom. The molecule has 0 bridgehead atoms. The third-order valence-corrected chi connectivity index (χ3v) is 4.99. The molecule has 0 saturated carbocycles. The van der Waals surface area contributed by atoms with Crippen LogP contribution in [0, 0.1) is 12.8 Å². The Kier molecular flexibility index (Phi) is 8.91. The van der Waals surface area contributed by atoms with Crippen LogP contribution in [0.2, 0.25) is 0 Å². The maximum atomic E-state index is 13.2. The number of amides is 2. The summed E-state index contributed by atoms with van der Waals surface area (Å²) in [4.78, 5) is 27.8. The molecule has 0 saturated heterocycles. The van der Waals surface area contributed by atoms with E-state index < -0.39 is 6.04 Å². The second kappa shape index (κ2) is 11.4. The molecule has 156 valence electrons. The number of nitrogens with one attached hydrogen (secondary N) is 1. The number of benzene rings is 2. The van der Waals surface area contributed by atoms with Crippen molar-refractivity contribution in [3.63, 3.8) is 0 Å². The van der Waals surface area contributed by atoms with E-state index in [-0.39, 0.29) is 11.8 Å². The molecule has 0 fully saturated rings. The second-order valence-electron chi connectivity index (χ2n) is 8.05. The first-order chi connectivity index (χ1) is 13.9. The molecule has 1 atom stereocenters. The molecule has 0 unspecified atom stereocenters. The first-order valence-corrected chi connectivity index (χ1v) is 10.6. The zero-order valence-electron chi connectivity index (χ0n) is 18.2. The second-order valence-corrected chi connectivity index (χ2v) is 8.05. The van der Waals surface area contributed by atoms with Crippen molar-refractivity contribution in [3.05, 3.63) is 71.3 Å². The Bertz CT molecular complexity index is 786. The number of carbonyl (C=O) groups is 2. The predicted octanol–water partition coefficient (Wildman–Crippen LogP) is 4.16. The van der Waals surface area contributed by atoms with E-state index in [1.165, 1.54) is 5.56 Å². The largest absolute Gasteiger partial charge is 0.354 e. The van der Waals surface area contributed by atoms with Crippen molar-refractivity contribution in [2.75, 3.05) is 13.1 Å². The number of hydrogen-bond acceptors (Lipinski definition) is 2. The summed E-state index contributed by atoms with van der Waals surface area (Å²) in [6, 6.07) is 17.7. The van der Waals surface area contributed by atoms with Gasteiger partial charge in [0.2, 0.25) is 11.8 Å². The number of nitrogens with zero attached hydrogens (tertiary/aromatic N) is 1. The Hall–Kier alpha value is -2.62. The highest BCUT2D eigenvalue weighted by atomic mass is 16.2. The van der Waals surface area contributed by atoms with Gasteiger partial charge < -0.3 is 10.2 Å². The highest BCUT2D eigenvalue weighted by Gasteiger charge is 2.28. The maximum Gasteiger partial charge on any atom is 0.242 e. The van der Waals surface area contributed by atoms with E-state index in [4.69, 9.17) is 0 Å². The first-order valence-electron chi connectivity index (χ1n) is 10.6. The summed E-state index contributed by atoms with van der Waals surface area (Å²) in [6.45, 7) is 9.27. The lowest BCUT2D eigenvalue weighted by Crippen LogP contribution is -2.51. The molecule has 0 spiro atoms. The summed E-state index contributed by atoms with van der Waals surface area (Å²) < 4.78 is 0. The third-order valence-electron chi connectivity index (χ3n) is 4.99. The molecule has 1 N–H and O–H groups in total. The average molecular weight is 395 g/mol. The van der Waals surface area contributed by atoms with E-state index in [1.54, 1.807) is 4.90 Å². The minimum Gasteiger partial charge on any atom is -0.354 e. The number of carbonyl (C=O) groups excluding carboxylic acids is 2. The smallest absolute Gasteiger partial charge is 0.242 e. The van der Waals surface area contributed by atoms with Crippen molar-refractivity contribution in [2.24, 2.45) is 5.92 Å². The lowest BCUT2D eigenvalue weighted by molar-refractivity contribution is -0.140. The van der Waals surface area contributed by atoms with E-state index in [1.807, 2.05) is 56.3 Å². The van der Waals surface area contributed by atoms with Crippen molar-refractivity contribution in [3.8, 4) is 0 Å². The maximum absolute atomic E-state index is 13.2. The highest BCUT2D eigenvalue weighted by molar-refractivity contribution is 5.88. The van der Waals surface area contributed by atoms with Crippen LogP contribution < -0.4 is 5.32 Å². The van der Waals surface area contributed by atoms with Gasteiger partial charge in [-0.15, -0.1) is 0 Å². The third kappa shape index (κ3) is 7.37. The van der Waals surface area contributed by atoms with Crippen LogP contribution >= 0.6 is 0 Å². The molecule has 0 aromatic heterocycles. The topological polar surface area (TPSA) is 49.4 Å². The molecule has 4 heteroatoms. The summed E-state index contributed by atoms with van der Waals surface area (Å²) in [7, 11) is 0. The van der Waals surface area contributed by atoms with Gasteiger partial charge in [-0.1, -0.05) is 80.9 Å². The van der Waals surface area contributed by atoms with Crippen molar-refractivity contribution in [1.29, 1.82) is 0 Å². The van der Waals surface area contributed by atoms with E-state index >= 15 is 0 Å². The molecule has 0 radical (unpaired) electrons. The molecule has 2 rings (SSSR count). The minimum atomic E-state index is -0.449. The summed E-state index contributed by atoms with van der Waals surface area (Å²) in [6.07, 6.45) is 1.64. The summed E-state index contributed by atoms with van der Waals surface area (Å²) in [5.41, 5.74) is 3.28. The van der Waals surface area contributed by atoms with E-state index in [9.17, 15) is 9.59 Å². The van der Waals surface area contributed by atoms with E-state index in [0.29, 0.717) is 31.8 Å². The molecular weight excluding hydrogens is 360 g/mol. The molecule has 29 heavy (non-hydrogen) atoms. The molecule has 0 aliphatic rings. The van der Waals surface area contributed by atoms with Gasteiger partial charge in [-0.2, -0.15) is 0 Å². The van der Waals surface area contributed by atoms with Crippen LogP contribution in [0.15, 0.2) is 54.6 Å². The quantitative estimate of drug-likeness (QED) is 0.658. The lowest BCUT2D eigenvalue weighted by Gasteiger charge is -2.31. The van der Waals surface area contributed by atoms with Crippen LogP contribution in [0.4, 0.5) is 0 Å². The van der Waals surface area contributed by atoms with Gasteiger partial charge in [-0.25, -0.2) is 0 Å². The predicted molar refractivity (Wildman–Crippen MR) is 119 cm³/mol. The van der Waals surface area contributed by atoms with Crippen molar-refractivity contribution >= 4 is 11.8 Å². The zero-order chi connectivity index (χ0) is 21.2. The van der Waals surface area contributed by atoms with Gasteiger partial charge in [-0.05, 0) is 36.8 Å². The van der Waals surface area contributed by atoms with Crippen LogP contribution in [0.1, 0.15) is 43.9 Å². The standard InChI is InChI=1S/C25H34N2O2/c1-5-23(25(29)26-18-19(2)3)27(15-14-21-11-7-6-8-12-21)24(28)17-22-13-9-10-20(4)16-22/h6-13,16,19,23H,5,14-15,17-18H2,1-4H3,(H,26,29)/t23-/m1/s1. The number of rotatable bonds is 10. The van der Waals surface area contributed by atoms with Crippen LogP contribution in [-0.4, -0.2) is 35.8 Å². The average Bonchev–Trinajstić information content (AvgIpc) is 2.70. The van der Waals surface area contributed by atoms with Gasteiger partial charge >= 0.3 is 0 Å². The molecule has 2 amide bonds. The summed E-state index contributed by atoms with van der Waals surface area (Å²) in [5, 5.41) is 3.01. The van der Waals surface area contributed by atoms with E-state index in [2.05, 4.69) is 31.3 Å². The van der Waals surface area contributed by atoms with Gasteiger partial charge in [0.25, 0.3) is 0 Å². The number of aryl methyl sites for hydroxylation is 1. The van der Waals surface area contributed by atoms with Gasteiger partial charge in [0.1, 0.15) is 6.04 Å². The zero-order valence-corrected chi connectivity index (χ0v) is 18.2. The van der Waals surface area contributed by atoms with Crippen LogP contribution in [0.3, 0.4) is 0 Å². The molecule has 2 aromatic carbocycles. The molecule has 4 nitrogen and oxygen atoms in total. The fourth-order valence-corrected chi connectivity index (χ4v) is 3.42. The van der Waals surface area contributed by atoms with Gasteiger partial charge in [0.05, 0.1) is 6.42 Å². The van der Waals surface area contributed by atoms with Gasteiger partial charge in [-0.3, -0.25) is 9.59 Å². The summed E-state index contributed by atoms with van der Waals surface area (Å²) in [5.74, 6) is 0.308. The van der Waals surface area contributed by atoms with Crippen molar-refractivity contribution < 1.29 is 9.59 Å². The Morgan fingerprint density at radius 1 is 1.00 bits per heavy atom. The van der Waals surface area contributed by atoms with Crippen LogP contribution in [-0.2, 0) is 22.4 Å². The Morgan fingerprint density at radius 2 is 1.69 bits per heavy atom. The Labute approximate surface area is 175 Å². The van der Waals surface area contributed by atoms with Gasteiger partial charge in [0.15, 0.2) is 0 Å². The molecule has 0 aliphatic carbocycles. The fourth-order valence-electron chi connectivity index (χ4n) is 3.42.